The second-order valence-electron chi connectivity index (χ2n) is 4.13. The molecule has 0 fully saturated rings. The number of benzene rings is 1. The average molecular weight is 333 g/mol. The number of carbonyl (C=O) groups is 1. The van der Waals surface area contributed by atoms with Crippen LogP contribution in [0.3, 0.4) is 0 Å². The van der Waals surface area contributed by atoms with Crippen LogP contribution in [-0.2, 0) is 4.79 Å². The van der Waals surface area contributed by atoms with Crippen molar-refractivity contribution in [3.05, 3.63) is 28.5 Å². The molecule has 1 aromatic carbocycles. The number of anilines is 1. The molecule has 0 aliphatic heterocycles. The fraction of sp³-hybridized carbons (Fsp3) is 0.333. The van der Waals surface area contributed by atoms with Gasteiger partial charge in [-0.05, 0) is 47.5 Å². The molecule has 0 aliphatic rings. The fourth-order valence-corrected chi connectivity index (χ4v) is 1.88. The third kappa shape index (κ3) is 3.05. The topological polar surface area (TPSA) is 55.1 Å². The zero-order valence-corrected chi connectivity index (χ0v) is 12.5. The normalized spacial score (nSPS) is 13.8. The van der Waals surface area contributed by atoms with Gasteiger partial charge in [-0.3, -0.25) is 4.79 Å². The van der Waals surface area contributed by atoms with Gasteiger partial charge in [-0.15, -0.1) is 0 Å². The van der Waals surface area contributed by atoms with E-state index in [1.165, 1.54) is 18.2 Å². The number of nitrogens with one attached hydrogen (secondary N) is 1. The second-order valence-corrected chi connectivity index (χ2v) is 5.42. The summed E-state index contributed by atoms with van der Waals surface area (Å²) < 4.78 is 13.7. The van der Waals surface area contributed by atoms with Gasteiger partial charge >= 0.3 is 0 Å². The first kappa shape index (κ1) is 15.0. The Balaban J connectivity index is 3.00. The minimum absolute atomic E-state index is 0.120. The first-order valence-corrected chi connectivity index (χ1v) is 6.57. The Morgan fingerprint density at radius 3 is 2.72 bits per heavy atom. The highest BCUT2D eigenvalue weighted by molar-refractivity contribution is 9.10. The number of halogens is 2. The Morgan fingerprint density at radius 1 is 1.61 bits per heavy atom. The highest BCUT2D eigenvalue weighted by atomic mass is 79.9. The minimum Gasteiger partial charge on any atom is -0.392 e. The van der Waals surface area contributed by atoms with E-state index < -0.39 is 11.2 Å². The number of carbonyl (C=O) groups excluding carboxylic acids is 1. The van der Waals surface area contributed by atoms with Crippen molar-refractivity contribution < 1.29 is 9.18 Å². The summed E-state index contributed by atoms with van der Waals surface area (Å²) in [6.45, 7) is 3.48. The van der Waals surface area contributed by atoms with Gasteiger partial charge in [0.15, 0.2) is 0 Å². The monoisotopic (exact) mass is 332 g/mol. The third-order valence-corrected chi connectivity index (χ3v) is 4.07. The van der Waals surface area contributed by atoms with Crippen molar-refractivity contribution in [2.75, 3.05) is 5.32 Å². The van der Waals surface area contributed by atoms with Crippen LogP contribution in [-0.4, -0.2) is 10.9 Å². The molecule has 3 N–H and O–H groups in total. The van der Waals surface area contributed by atoms with E-state index in [2.05, 4.69) is 21.2 Å². The molecule has 98 valence electrons. The molecule has 0 heterocycles. The maximum absolute atomic E-state index is 13.1. The summed E-state index contributed by atoms with van der Waals surface area (Å²) >= 11 is 8.15. The molecule has 1 atom stereocenters. The van der Waals surface area contributed by atoms with Crippen LogP contribution in [0.25, 0.3) is 0 Å². The Hall–Kier alpha value is -1.01. The molecule has 18 heavy (non-hydrogen) atoms. The molecule has 1 aromatic rings. The summed E-state index contributed by atoms with van der Waals surface area (Å²) in [7, 11) is 0. The van der Waals surface area contributed by atoms with Gasteiger partial charge in [0.2, 0.25) is 5.91 Å². The summed E-state index contributed by atoms with van der Waals surface area (Å²) in [5.74, 6) is -0.772. The van der Waals surface area contributed by atoms with Crippen molar-refractivity contribution >= 4 is 44.7 Å². The minimum atomic E-state index is -0.943. The van der Waals surface area contributed by atoms with E-state index in [1.807, 2.05) is 6.92 Å². The predicted molar refractivity (Wildman–Crippen MR) is 77.9 cm³/mol. The molecule has 1 rings (SSSR count). The zero-order chi connectivity index (χ0) is 13.9. The van der Waals surface area contributed by atoms with Crippen LogP contribution in [0, 0.1) is 11.2 Å². The molecule has 3 nitrogen and oxygen atoms in total. The summed E-state index contributed by atoms with van der Waals surface area (Å²) in [6, 6.07) is 4.05. The lowest BCUT2D eigenvalue weighted by Crippen LogP contribution is -2.43. The van der Waals surface area contributed by atoms with E-state index in [9.17, 15) is 9.18 Å². The van der Waals surface area contributed by atoms with Crippen LogP contribution in [0.15, 0.2) is 22.7 Å². The largest absolute Gasteiger partial charge is 0.392 e. The van der Waals surface area contributed by atoms with Gasteiger partial charge in [-0.2, -0.15) is 0 Å². The Morgan fingerprint density at radius 2 is 2.22 bits per heavy atom. The van der Waals surface area contributed by atoms with E-state index in [0.29, 0.717) is 16.6 Å². The van der Waals surface area contributed by atoms with Crippen LogP contribution < -0.4 is 11.1 Å². The standard InChI is InChI=1S/C12H14BrFN2OS/c1-3-12(2,10(15)18)11(17)16-9-6-7(14)4-5-8(9)13/h4-6H,3H2,1-2H3,(H2,15,18)(H,16,17). The molecule has 0 bridgehead atoms. The predicted octanol–water partition coefficient (Wildman–Crippen LogP) is 3.23. The molecule has 1 unspecified atom stereocenters. The number of amides is 1. The van der Waals surface area contributed by atoms with Crippen LogP contribution in [0.2, 0.25) is 0 Å². The molecule has 0 saturated heterocycles. The average Bonchev–Trinajstić information content (AvgIpc) is 2.32. The van der Waals surface area contributed by atoms with Crippen molar-refractivity contribution in [3.63, 3.8) is 0 Å². The van der Waals surface area contributed by atoms with E-state index in [-0.39, 0.29) is 10.9 Å². The molecule has 0 spiro atoms. The lowest BCUT2D eigenvalue weighted by Gasteiger charge is -2.25. The van der Waals surface area contributed by atoms with Crippen LogP contribution >= 0.6 is 28.1 Å². The van der Waals surface area contributed by atoms with Crippen molar-refractivity contribution in [2.45, 2.75) is 20.3 Å². The van der Waals surface area contributed by atoms with Crippen molar-refractivity contribution in [2.24, 2.45) is 11.1 Å². The van der Waals surface area contributed by atoms with Crippen LogP contribution in [0.1, 0.15) is 20.3 Å². The SMILES string of the molecule is CCC(C)(C(=O)Nc1cc(F)ccc1Br)C(N)=S. The number of hydrogen-bond acceptors (Lipinski definition) is 2. The molecular weight excluding hydrogens is 319 g/mol. The van der Waals surface area contributed by atoms with E-state index in [4.69, 9.17) is 18.0 Å². The van der Waals surface area contributed by atoms with E-state index in [0.717, 1.165) is 0 Å². The van der Waals surface area contributed by atoms with Crippen molar-refractivity contribution in [3.8, 4) is 0 Å². The summed E-state index contributed by atoms with van der Waals surface area (Å²) in [5.41, 5.74) is 5.00. The zero-order valence-electron chi connectivity index (χ0n) is 10.1. The number of nitrogens with two attached hydrogens (primary N) is 1. The van der Waals surface area contributed by atoms with Gasteiger partial charge < -0.3 is 11.1 Å². The number of hydrogen-bond donors (Lipinski definition) is 2. The van der Waals surface area contributed by atoms with Gasteiger partial charge in [-0.1, -0.05) is 19.1 Å². The Kier molecular flexibility index (Phi) is 4.81. The molecule has 0 aromatic heterocycles. The van der Waals surface area contributed by atoms with Crippen molar-refractivity contribution in [1.29, 1.82) is 0 Å². The number of rotatable bonds is 4. The second kappa shape index (κ2) is 5.75. The highest BCUT2D eigenvalue weighted by Gasteiger charge is 2.34. The van der Waals surface area contributed by atoms with E-state index in [1.54, 1.807) is 6.92 Å². The Labute approximate surface area is 119 Å². The maximum Gasteiger partial charge on any atom is 0.237 e. The fourth-order valence-electron chi connectivity index (χ4n) is 1.30. The first-order valence-electron chi connectivity index (χ1n) is 5.37. The van der Waals surface area contributed by atoms with Crippen LogP contribution in [0.5, 0.6) is 0 Å². The third-order valence-electron chi connectivity index (χ3n) is 2.93. The van der Waals surface area contributed by atoms with E-state index >= 15 is 0 Å². The summed E-state index contributed by atoms with van der Waals surface area (Å²) in [5, 5.41) is 2.63. The summed E-state index contributed by atoms with van der Waals surface area (Å²) in [4.78, 5) is 12.3. The smallest absolute Gasteiger partial charge is 0.237 e. The van der Waals surface area contributed by atoms with Gasteiger partial charge in [0.25, 0.3) is 0 Å². The molecule has 0 aliphatic carbocycles. The molecule has 0 saturated carbocycles. The molecule has 6 heteroatoms. The number of thiocarbonyl (C=S) groups is 1. The van der Waals surface area contributed by atoms with Crippen LogP contribution in [0.4, 0.5) is 10.1 Å². The Bertz CT molecular complexity index is 495. The lowest BCUT2D eigenvalue weighted by atomic mass is 9.86. The lowest BCUT2D eigenvalue weighted by molar-refractivity contribution is -0.121. The highest BCUT2D eigenvalue weighted by Crippen LogP contribution is 2.28. The van der Waals surface area contributed by atoms with Gasteiger partial charge in [0, 0.05) is 4.47 Å². The molecular formula is C12H14BrFN2OS. The van der Waals surface area contributed by atoms with Gasteiger partial charge in [-0.25, -0.2) is 4.39 Å². The molecule has 0 radical (unpaired) electrons. The van der Waals surface area contributed by atoms with Crippen molar-refractivity contribution in [1.82, 2.24) is 0 Å². The molecule has 1 amide bonds. The van der Waals surface area contributed by atoms with Gasteiger partial charge in [0.1, 0.15) is 5.82 Å². The van der Waals surface area contributed by atoms with Gasteiger partial charge in [0.05, 0.1) is 16.1 Å². The maximum atomic E-state index is 13.1. The summed E-state index contributed by atoms with van der Waals surface area (Å²) in [6.07, 6.45) is 0.473. The first-order chi connectivity index (χ1) is 8.31. The quantitative estimate of drug-likeness (QED) is 0.832.